The van der Waals surface area contributed by atoms with Gasteiger partial charge in [-0.25, -0.2) is 14.6 Å². The molecule has 0 spiro atoms. The minimum atomic E-state index is -0.527. The molecule has 0 atom stereocenters. The number of rotatable bonds is 7. The number of nitrogens with zero attached hydrogens (tertiary/aromatic N) is 1. The third-order valence-electron chi connectivity index (χ3n) is 4.05. The Kier molecular flexibility index (Phi) is 7.68. The number of carbonyl (C=O) groups is 2. The van der Waals surface area contributed by atoms with Crippen LogP contribution in [0, 0.1) is 0 Å². The highest BCUT2D eigenvalue weighted by molar-refractivity contribution is 7.98. The lowest BCUT2D eigenvalue weighted by molar-refractivity contribution is 0.187. The van der Waals surface area contributed by atoms with Crippen LogP contribution in [0.1, 0.15) is 11.1 Å². The molecule has 0 aliphatic heterocycles. The van der Waals surface area contributed by atoms with Gasteiger partial charge in [-0.1, -0.05) is 30.3 Å². The molecule has 3 aromatic rings. The number of pyridine rings is 1. The minimum absolute atomic E-state index is 0.290. The summed E-state index contributed by atoms with van der Waals surface area (Å²) < 4.78 is 4.55. The molecule has 3 rings (SSSR count). The molecule has 3 N–H and O–H groups in total. The standard InChI is InChI=1S/C22H22N4O3S/c1-29-22(28)26-18-10-8-16(9-11-18)14-24-21(27)25-19-6-4-5-17(13-19)15-30-20-7-2-3-12-23-20/h2-13H,14-15H2,1H3,(H,26,28)(H2,24,25,27). The highest BCUT2D eigenvalue weighted by Crippen LogP contribution is 2.22. The highest BCUT2D eigenvalue weighted by Gasteiger charge is 2.05. The zero-order valence-electron chi connectivity index (χ0n) is 16.4. The molecule has 0 radical (unpaired) electrons. The first-order valence-electron chi connectivity index (χ1n) is 9.24. The lowest BCUT2D eigenvalue weighted by atomic mass is 10.2. The zero-order chi connectivity index (χ0) is 21.2. The van der Waals surface area contributed by atoms with E-state index in [1.807, 2.05) is 54.6 Å². The molecule has 3 amide bonds. The Bertz CT molecular complexity index is 981. The average molecular weight is 423 g/mol. The molecule has 0 bridgehead atoms. The molecule has 0 unspecified atom stereocenters. The third kappa shape index (κ3) is 6.82. The van der Waals surface area contributed by atoms with Crippen molar-refractivity contribution in [2.45, 2.75) is 17.3 Å². The van der Waals surface area contributed by atoms with Gasteiger partial charge in [-0.3, -0.25) is 5.32 Å². The number of ether oxygens (including phenoxy) is 1. The number of aromatic nitrogens is 1. The number of anilines is 2. The van der Waals surface area contributed by atoms with Crippen molar-refractivity contribution >= 4 is 35.3 Å². The number of urea groups is 1. The van der Waals surface area contributed by atoms with Crippen LogP contribution in [0.25, 0.3) is 0 Å². The predicted molar refractivity (Wildman–Crippen MR) is 119 cm³/mol. The van der Waals surface area contributed by atoms with Gasteiger partial charge in [-0.15, -0.1) is 11.8 Å². The molecule has 0 saturated heterocycles. The van der Waals surface area contributed by atoms with Crippen LogP contribution in [-0.4, -0.2) is 24.2 Å². The summed E-state index contributed by atoms with van der Waals surface area (Å²) in [6, 6.07) is 20.4. The summed E-state index contributed by atoms with van der Waals surface area (Å²) in [5, 5.41) is 9.20. The second-order valence-electron chi connectivity index (χ2n) is 6.28. The Balaban J connectivity index is 1.47. The molecule has 0 aliphatic carbocycles. The Hall–Kier alpha value is -3.52. The topological polar surface area (TPSA) is 92.4 Å². The van der Waals surface area contributed by atoms with Crippen LogP contribution in [0.2, 0.25) is 0 Å². The number of nitrogens with one attached hydrogen (secondary N) is 3. The lowest BCUT2D eigenvalue weighted by Crippen LogP contribution is -2.28. The van der Waals surface area contributed by atoms with Crippen molar-refractivity contribution < 1.29 is 14.3 Å². The second-order valence-corrected chi connectivity index (χ2v) is 7.27. The summed E-state index contributed by atoms with van der Waals surface area (Å²) in [5.74, 6) is 0.764. The third-order valence-corrected chi connectivity index (χ3v) is 5.06. The molecule has 0 saturated carbocycles. The molecule has 1 aromatic heterocycles. The number of thioether (sulfide) groups is 1. The first kappa shape index (κ1) is 21.2. The van der Waals surface area contributed by atoms with Gasteiger partial charge in [0.1, 0.15) is 0 Å². The van der Waals surface area contributed by atoms with Crippen LogP contribution < -0.4 is 16.0 Å². The summed E-state index contributed by atoms with van der Waals surface area (Å²) in [6.45, 7) is 0.361. The van der Waals surface area contributed by atoms with Crippen molar-refractivity contribution in [1.82, 2.24) is 10.3 Å². The van der Waals surface area contributed by atoms with Crippen LogP contribution >= 0.6 is 11.8 Å². The van der Waals surface area contributed by atoms with Gasteiger partial charge in [0.05, 0.1) is 12.1 Å². The van der Waals surface area contributed by atoms with Gasteiger partial charge in [-0.05, 0) is 47.5 Å². The highest BCUT2D eigenvalue weighted by atomic mass is 32.2. The summed E-state index contributed by atoms with van der Waals surface area (Å²) >= 11 is 1.64. The Morgan fingerprint density at radius 2 is 1.77 bits per heavy atom. The van der Waals surface area contributed by atoms with Gasteiger partial charge in [0.15, 0.2) is 0 Å². The Morgan fingerprint density at radius 3 is 2.50 bits per heavy atom. The summed E-state index contributed by atoms with van der Waals surface area (Å²) in [4.78, 5) is 27.7. The molecule has 154 valence electrons. The van der Waals surface area contributed by atoms with Crippen LogP contribution in [0.15, 0.2) is 78.0 Å². The molecular weight excluding hydrogens is 400 g/mol. The number of amides is 3. The molecule has 8 heteroatoms. The van der Waals surface area contributed by atoms with Crippen molar-refractivity contribution in [1.29, 1.82) is 0 Å². The van der Waals surface area contributed by atoms with Crippen molar-refractivity contribution in [2.24, 2.45) is 0 Å². The molecule has 7 nitrogen and oxygen atoms in total. The number of hydrogen-bond donors (Lipinski definition) is 3. The first-order valence-corrected chi connectivity index (χ1v) is 10.2. The van der Waals surface area contributed by atoms with Crippen LogP contribution in [-0.2, 0) is 17.0 Å². The van der Waals surface area contributed by atoms with E-state index in [1.165, 1.54) is 7.11 Å². The van der Waals surface area contributed by atoms with E-state index in [4.69, 9.17) is 0 Å². The van der Waals surface area contributed by atoms with Crippen molar-refractivity contribution in [2.75, 3.05) is 17.7 Å². The maximum atomic E-state index is 12.2. The average Bonchev–Trinajstić information content (AvgIpc) is 2.78. The first-order chi connectivity index (χ1) is 14.6. The molecule has 30 heavy (non-hydrogen) atoms. The summed E-state index contributed by atoms with van der Waals surface area (Å²) in [5.41, 5.74) is 3.35. The fourth-order valence-electron chi connectivity index (χ4n) is 2.56. The van der Waals surface area contributed by atoms with E-state index in [0.717, 1.165) is 27.6 Å². The number of hydrogen-bond acceptors (Lipinski definition) is 5. The van der Waals surface area contributed by atoms with E-state index >= 15 is 0 Å². The number of carbonyl (C=O) groups excluding carboxylic acids is 2. The van der Waals surface area contributed by atoms with Crippen LogP contribution in [0.5, 0.6) is 0 Å². The number of methoxy groups -OCH3 is 1. The van der Waals surface area contributed by atoms with E-state index in [0.29, 0.717) is 12.2 Å². The molecule has 1 heterocycles. The van der Waals surface area contributed by atoms with E-state index in [2.05, 4.69) is 25.7 Å². The molecular formula is C22H22N4O3S. The molecule has 0 fully saturated rings. The summed E-state index contributed by atoms with van der Waals surface area (Å²) in [7, 11) is 1.31. The maximum Gasteiger partial charge on any atom is 0.411 e. The van der Waals surface area contributed by atoms with E-state index in [9.17, 15) is 9.59 Å². The Labute approximate surface area is 179 Å². The van der Waals surface area contributed by atoms with Crippen molar-refractivity contribution in [3.05, 3.63) is 84.1 Å². The van der Waals surface area contributed by atoms with Gasteiger partial charge < -0.3 is 15.4 Å². The van der Waals surface area contributed by atoms with Gasteiger partial charge in [0, 0.05) is 29.9 Å². The quantitative estimate of drug-likeness (QED) is 0.472. The normalized spacial score (nSPS) is 10.2. The van der Waals surface area contributed by atoms with Crippen molar-refractivity contribution in [3.8, 4) is 0 Å². The smallest absolute Gasteiger partial charge is 0.411 e. The second kappa shape index (κ2) is 10.9. The van der Waals surface area contributed by atoms with Crippen molar-refractivity contribution in [3.63, 3.8) is 0 Å². The van der Waals surface area contributed by atoms with Gasteiger partial charge in [0.2, 0.25) is 0 Å². The van der Waals surface area contributed by atoms with E-state index in [-0.39, 0.29) is 6.03 Å². The van der Waals surface area contributed by atoms with Gasteiger partial charge >= 0.3 is 12.1 Å². The van der Waals surface area contributed by atoms with Crippen LogP contribution in [0.3, 0.4) is 0 Å². The monoisotopic (exact) mass is 422 g/mol. The van der Waals surface area contributed by atoms with E-state index in [1.54, 1.807) is 30.1 Å². The number of benzene rings is 2. The van der Waals surface area contributed by atoms with Crippen LogP contribution in [0.4, 0.5) is 21.0 Å². The van der Waals surface area contributed by atoms with Gasteiger partial charge in [-0.2, -0.15) is 0 Å². The molecule has 2 aromatic carbocycles. The fourth-order valence-corrected chi connectivity index (χ4v) is 3.37. The lowest BCUT2D eigenvalue weighted by Gasteiger charge is -2.10. The SMILES string of the molecule is COC(=O)Nc1ccc(CNC(=O)Nc2cccc(CSc3ccccn3)c2)cc1. The largest absolute Gasteiger partial charge is 0.453 e. The Morgan fingerprint density at radius 1 is 0.933 bits per heavy atom. The summed E-state index contributed by atoms with van der Waals surface area (Å²) in [6.07, 6.45) is 1.24. The molecule has 0 aliphatic rings. The maximum absolute atomic E-state index is 12.2. The minimum Gasteiger partial charge on any atom is -0.453 e. The fraction of sp³-hybridized carbons (Fsp3) is 0.136. The predicted octanol–water partition coefficient (Wildman–Crippen LogP) is 4.87. The van der Waals surface area contributed by atoms with Gasteiger partial charge in [0.25, 0.3) is 0 Å². The zero-order valence-corrected chi connectivity index (χ0v) is 17.2. The van der Waals surface area contributed by atoms with E-state index < -0.39 is 6.09 Å².